The fraction of sp³-hybridized carbons (Fsp3) is 0.500. The minimum Gasteiger partial charge on any atom is -0.481 e. The summed E-state index contributed by atoms with van der Waals surface area (Å²) in [4.78, 5) is 10.8. The first-order chi connectivity index (χ1) is 7.66. The molecule has 0 aliphatic heterocycles. The molecule has 1 fully saturated rings. The number of aliphatic carboxylic acids is 1. The van der Waals surface area contributed by atoms with Gasteiger partial charge in [0.2, 0.25) is 0 Å². The predicted octanol–water partition coefficient (Wildman–Crippen LogP) is 3.22. The Kier molecular flexibility index (Phi) is 3.28. The third-order valence-corrected chi connectivity index (χ3v) is 3.49. The Balaban J connectivity index is 2.06. The highest BCUT2D eigenvalue weighted by molar-refractivity contribution is 5.69. The van der Waals surface area contributed by atoms with Crippen LogP contribution >= 0.6 is 0 Å². The molecule has 2 nitrogen and oxygen atoms in total. The molecule has 0 saturated heterocycles. The smallest absolute Gasteiger partial charge is 0.306 e. The van der Waals surface area contributed by atoms with Crippen molar-refractivity contribution in [2.45, 2.75) is 38.5 Å². The Morgan fingerprint density at radius 1 is 1.50 bits per heavy atom. The third-order valence-electron chi connectivity index (χ3n) is 3.49. The van der Waals surface area contributed by atoms with Gasteiger partial charge in [-0.25, -0.2) is 0 Å². The van der Waals surface area contributed by atoms with E-state index >= 15 is 0 Å². The Hall–Kier alpha value is -1.31. The third kappa shape index (κ3) is 2.43. The summed E-state index contributed by atoms with van der Waals surface area (Å²) in [5.41, 5.74) is 2.54. The predicted molar refractivity (Wildman–Crippen MR) is 63.5 cm³/mol. The van der Waals surface area contributed by atoms with Crippen LogP contribution in [0.25, 0.3) is 0 Å². The molecule has 0 amide bonds. The van der Waals surface area contributed by atoms with Crippen molar-refractivity contribution in [3.05, 3.63) is 35.4 Å². The molecule has 1 atom stereocenters. The van der Waals surface area contributed by atoms with Crippen molar-refractivity contribution < 1.29 is 9.90 Å². The summed E-state index contributed by atoms with van der Waals surface area (Å²) < 4.78 is 0. The second-order valence-electron chi connectivity index (χ2n) is 4.82. The summed E-state index contributed by atoms with van der Waals surface area (Å²) in [5.74, 6) is -0.286. The van der Waals surface area contributed by atoms with Crippen LogP contribution in [-0.2, 0) is 11.2 Å². The number of carboxylic acid groups (broad SMARTS) is 1. The van der Waals surface area contributed by atoms with Crippen molar-refractivity contribution in [3.63, 3.8) is 0 Å². The zero-order valence-electron chi connectivity index (χ0n) is 9.65. The highest BCUT2D eigenvalue weighted by Crippen LogP contribution is 2.36. The number of carbonyl (C=O) groups is 1. The summed E-state index contributed by atoms with van der Waals surface area (Å²) >= 11 is 0. The van der Waals surface area contributed by atoms with Gasteiger partial charge in [0, 0.05) is 0 Å². The number of hydrogen-bond acceptors (Lipinski definition) is 1. The summed E-state index contributed by atoms with van der Waals surface area (Å²) in [6.45, 7) is 1.76. The zero-order chi connectivity index (χ0) is 11.5. The second kappa shape index (κ2) is 4.69. The molecule has 1 saturated carbocycles. The van der Waals surface area contributed by atoms with Gasteiger partial charge in [-0.3, -0.25) is 4.79 Å². The number of rotatable bonds is 4. The molecule has 0 bridgehead atoms. The SMILES string of the molecule is CC(Cc1cccc(C2CCC2)c1)C(=O)O. The van der Waals surface area contributed by atoms with Gasteiger partial charge in [-0.05, 0) is 36.3 Å². The Bertz CT molecular complexity index is 380. The summed E-state index contributed by atoms with van der Waals surface area (Å²) in [6.07, 6.45) is 4.55. The van der Waals surface area contributed by atoms with Crippen LogP contribution in [-0.4, -0.2) is 11.1 Å². The molecule has 0 heterocycles. The highest BCUT2D eigenvalue weighted by atomic mass is 16.4. The van der Waals surface area contributed by atoms with Gasteiger partial charge in [0.25, 0.3) is 0 Å². The Morgan fingerprint density at radius 3 is 2.81 bits per heavy atom. The van der Waals surface area contributed by atoms with Crippen molar-refractivity contribution in [1.29, 1.82) is 0 Å². The van der Waals surface area contributed by atoms with Crippen molar-refractivity contribution in [3.8, 4) is 0 Å². The Morgan fingerprint density at radius 2 is 2.25 bits per heavy atom. The van der Waals surface area contributed by atoms with Crippen molar-refractivity contribution in [1.82, 2.24) is 0 Å². The molecule has 1 aliphatic rings. The van der Waals surface area contributed by atoms with Crippen LogP contribution in [0.3, 0.4) is 0 Å². The van der Waals surface area contributed by atoms with E-state index in [0.29, 0.717) is 6.42 Å². The fourth-order valence-electron chi connectivity index (χ4n) is 2.16. The molecule has 1 aromatic carbocycles. The van der Waals surface area contributed by atoms with E-state index in [2.05, 4.69) is 18.2 Å². The molecule has 0 radical (unpaired) electrons. The molecular formula is C14H18O2. The zero-order valence-corrected chi connectivity index (χ0v) is 9.65. The van der Waals surface area contributed by atoms with Gasteiger partial charge in [0.1, 0.15) is 0 Å². The van der Waals surface area contributed by atoms with Crippen molar-refractivity contribution >= 4 is 5.97 Å². The molecule has 0 spiro atoms. The minimum atomic E-state index is -0.714. The van der Waals surface area contributed by atoms with E-state index in [1.54, 1.807) is 6.92 Å². The van der Waals surface area contributed by atoms with E-state index < -0.39 is 5.97 Å². The lowest BCUT2D eigenvalue weighted by molar-refractivity contribution is -0.141. The topological polar surface area (TPSA) is 37.3 Å². The maximum Gasteiger partial charge on any atom is 0.306 e. The average Bonchev–Trinajstić information content (AvgIpc) is 2.15. The summed E-state index contributed by atoms with van der Waals surface area (Å²) in [6, 6.07) is 8.43. The fourth-order valence-corrected chi connectivity index (χ4v) is 2.16. The lowest BCUT2D eigenvalue weighted by Crippen LogP contribution is -2.13. The molecule has 1 unspecified atom stereocenters. The molecule has 16 heavy (non-hydrogen) atoms. The average molecular weight is 218 g/mol. The molecule has 1 aliphatic carbocycles. The monoisotopic (exact) mass is 218 g/mol. The molecule has 0 aromatic heterocycles. The molecular weight excluding hydrogens is 200 g/mol. The highest BCUT2D eigenvalue weighted by Gasteiger charge is 2.20. The van der Waals surface area contributed by atoms with Crippen LogP contribution < -0.4 is 0 Å². The van der Waals surface area contributed by atoms with Gasteiger partial charge in [-0.2, -0.15) is 0 Å². The van der Waals surface area contributed by atoms with Gasteiger partial charge >= 0.3 is 5.97 Å². The van der Waals surface area contributed by atoms with Gasteiger partial charge < -0.3 is 5.11 Å². The van der Waals surface area contributed by atoms with Crippen molar-refractivity contribution in [2.75, 3.05) is 0 Å². The summed E-state index contributed by atoms with van der Waals surface area (Å²) in [5, 5.41) is 8.88. The quantitative estimate of drug-likeness (QED) is 0.842. The lowest BCUT2D eigenvalue weighted by atomic mass is 9.79. The van der Waals surface area contributed by atoms with Gasteiger partial charge in [0.05, 0.1) is 5.92 Å². The lowest BCUT2D eigenvalue weighted by Gasteiger charge is -2.26. The molecule has 86 valence electrons. The molecule has 2 rings (SSSR count). The van der Waals surface area contributed by atoms with Gasteiger partial charge in [0.15, 0.2) is 0 Å². The number of benzene rings is 1. The first-order valence-corrected chi connectivity index (χ1v) is 5.98. The van der Waals surface area contributed by atoms with Crippen LogP contribution in [0.2, 0.25) is 0 Å². The van der Waals surface area contributed by atoms with E-state index in [1.165, 1.54) is 24.8 Å². The van der Waals surface area contributed by atoms with Crippen molar-refractivity contribution in [2.24, 2.45) is 5.92 Å². The maximum absolute atomic E-state index is 10.8. The van der Waals surface area contributed by atoms with Gasteiger partial charge in [-0.1, -0.05) is 37.6 Å². The van der Waals surface area contributed by atoms with E-state index in [9.17, 15) is 4.79 Å². The van der Waals surface area contributed by atoms with E-state index in [-0.39, 0.29) is 5.92 Å². The maximum atomic E-state index is 10.8. The number of carboxylic acids is 1. The first kappa shape index (κ1) is 11.2. The molecule has 1 N–H and O–H groups in total. The van der Waals surface area contributed by atoms with Crippen LogP contribution in [0.1, 0.15) is 43.2 Å². The van der Waals surface area contributed by atoms with E-state index in [0.717, 1.165) is 11.5 Å². The van der Waals surface area contributed by atoms with E-state index in [1.807, 2.05) is 6.07 Å². The Labute approximate surface area is 96.3 Å². The number of hydrogen-bond donors (Lipinski definition) is 1. The van der Waals surface area contributed by atoms with Crippen LogP contribution in [0.15, 0.2) is 24.3 Å². The van der Waals surface area contributed by atoms with Crippen LogP contribution in [0.4, 0.5) is 0 Å². The minimum absolute atomic E-state index is 0.295. The normalized spacial score (nSPS) is 17.8. The van der Waals surface area contributed by atoms with E-state index in [4.69, 9.17) is 5.11 Å². The van der Waals surface area contributed by atoms with Gasteiger partial charge in [-0.15, -0.1) is 0 Å². The first-order valence-electron chi connectivity index (χ1n) is 5.98. The summed E-state index contributed by atoms with van der Waals surface area (Å²) in [7, 11) is 0. The molecule has 1 aromatic rings. The van der Waals surface area contributed by atoms with Crippen LogP contribution in [0, 0.1) is 5.92 Å². The second-order valence-corrected chi connectivity index (χ2v) is 4.82. The molecule has 2 heteroatoms. The van der Waals surface area contributed by atoms with Crippen LogP contribution in [0.5, 0.6) is 0 Å². The largest absolute Gasteiger partial charge is 0.481 e. The standard InChI is InChI=1S/C14H18O2/c1-10(14(15)16)8-11-4-2-7-13(9-11)12-5-3-6-12/h2,4,7,9-10,12H,3,5-6,8H2,1H3,(H,15,16).